The quantitative estimate of drug-likeness (QED) is 0.172. The molecular weight excluding hydrogens is 649 g/mol. The molecule has 0 bridgehead atoms. The second-order valence-corrected chi connectivity index (χ2v) is 14.2. The van der Waals surface area contributed by atoms with E-state index >= 15 is 0 Å². The van der Waals surface area contributed by atoms with Gasteiger partial charge >= 0.3 is 6.09 Å². The number of nitrogens with zero attached hydrogens (tertiary/aromatic N) is 2. The van der Waals surface area contributed by atoms with Gasteiger partial charge in [-0.15, -0.1) is 23.1 Å². The van der Waals surface area contributed by atoms with E-state index in [9.17, 15) is 19.6 Å². The van der Waals surface area contributed by atoms with E-state index in [1.807, 2.05) is 57.2 Å². The molecule has 3 amide bonds. The molecule has 0 fully saturated rings. The lowest BCUT2D eigenvalue weighted by molar-refractivity contribution is -0.115. The van der Waals surface area contributed by atoms with Gasteiger partial charge in [-0.25, -0.2) is 4.79 Å². The number of carbonyl (C=O) groups excluding carboxylic acids is 3. The number of methoxy groups -OCH3 is 2. The fourth-order valence-electron chi connectivity index (χ4n) is 5.22. The highest BCUT2D eigenvalue weighted by Crippen LogP contribution is 2.41. The van der Waals surface area contributed by atoms with Crippen molar-refractivity contribution >= 4 is 51.7 Å². The van der Waals surface area contributed by atoms with Crippen LogP contribution in [0.15, 0.2) is 77.7 Å². The molecule has 2 N–H and O–H groups in total. The summed E-state index contributed by atoms with van der Waals surface area (Å²) < 4.78 is 16.3. The zero-order valence-electron chi connectivity index (χ0n) is 27.3. The minimum Gasteiger partial charge on any atom is -0.496 e. The molecule has 1 aliphatic heterocycles. The Balaban J connectivity index is 1.37. The van der Waals surface area contributed by atoms with Crippen molar-refractivity contribution in [1.82, 2.24) is 4.90 Å². The van der Waals surface area contributed by atoms with E-state index in [1.54, 1.807) is 41.3 Å². The Hall–Kier alpha value is -4.99. The number of anilines is 2. The third kappa shape index (κ3) is 7.93. The van der Waals surface area contributed by atoms with Crippen LogP contribution in [0.1, 0.15) is 57.9 Å². The van der Waals surface area contributed by atoms with Crippen LogP contribution in [-0.2, 0) is 22.5 Å². The van der Waals surface area contributed by atoms with Gasteiger partial charge in [-0.1, -0.05) is 42.5 Å². The molecule has 0 aliphatic carbocycles. The fourth-order valence-corrected chi connectivity index (χ4v) is 7.52. The maximum Gasteiger partial charge on any atom is 0.410 e. The minimum atomic E-state index is -0.685. The molecule has 0 saturated carbocycles. The lowest BCUT2D eigenvalue weighted by atomic mass is 10.0. The predicted molar refractivity (Wildman–Crippen MR) is 187 cm³/mol. The largest absolute Gasteiger partial charge is 0.496 e. The van der Waals surface area contributed by atoms with Crippen molar-refractivity contribution in [2.75, 3.05) is 31.4 Å². The summed E-state index contributed by atoms with van der Waals surface area (Å²) in [5.74, 6) is 0.0451. The predicted octanol–water partition coefficient (Wildman–Crippen LogP) is 7.65. The van der Waals surface area contributed by atoms with E-state index in [4.69, 9.17) is 14.2 Å². The van der Waals surface area contributed by atoms with Gasteiger partial charge in [0.2, 0.25) is 5.91 Å². The van der Waals surface area contributed by atoms with E-state index in [-0.39, 0.29) is 11.5 Å². The second-order valence-electron chi connectivity index (χ2n) is 11.9. The number of nitrogens with one attached hydrogen (secondary N) is 2. The summed E-state index contributed by atoms with van der Waals surface area (Å²) >= 11 is 2.62. The molecule has 12 heteroatoms. The Labute approximate surface area is 288 Å². The van der Waals surface area contributed by atoms with Crippen molar-refractivity contribution in [3.63, 3.8) is 0 Å². The number of ether oxygens (including phenoxy) is 3. The lowest BCUT2D eigenvalue weighted by Crippen LogP contribution is -2.39. The van der Waals surface area contributed by atoms with Crippen LogP contribution in [0.4, 0.5) is 15.5 Å². The molecule has 0 saturated heterocycles. The van der Waals surface area contributed by atoms with E-state index < -0.39 is 22.9 Å². The van der Waals surface area contributed by atoms with Gasteiger partial charge in [0.1, 0.15) is 39.0 Å². The number of fused-ring (bicyclic) bond motifs is 1. The summed E-state index contributed by atoms with van der Waals surface area (Å²) in [6.45, 7) is 6.18. The normalized spacial score (nSPS) is 13.0. The first-order valence-corrected chi connectivity index (χ1v) is 16.9. The number of hydrogen-bond donors (Lipinski definition) is 2. The Bertz CT molecular complexity index is 1840. The second kappa shape index (κ2) is 14.8. The highest BCUT2D eigenvalue weighted by atomic mass is 32.2. The number of carbonyl (C=O) groups is 3. The summed E-state index contributed by atoms with van der Waals surface area (Å²) in [5.41, 5.74) is 2.20. The molecule has 1 atom stereocenters. The molecule has 2 heterocycles. The van der Waals surface area contributed by atoms with Crippen LogP contribution in [0, 0.1) is 11.3 Å². The molecule has 10 nitrogen and oxygen atoms in total. The molecule has 1 aromatic heterocycles. The molecule has 1 unspecified atom stereocenters. The van der Waals surface area contributed by atoms with Crippen LogP contribution in [0.5, 0.6) is 11.5 Å². The van der Waals surface area contributed by atoms with Crippen LogP contribution in [0.3, 0.4) is 0 Å². The van der Waals surface area contributed by atoms with Crippen molar-refractivity contribution < 1.29 is 28.6 Å². The topological polar surface area (TPSA) is 130 Å². The fraction of sp³-hybridized carbons (Fsp3) is 0.278. The van der Waals surface area contributed by atoms with Crippen LogP contribution in [0.25, 0.3) is 0 Å². The average Bonchev–Trinajstić information content (AvgIpc) is 3.42. The van der Waals surface area contributed by atoms with E-state index in [2.05, 4.69) is 16.7 Å². The van der Waals surface area contributed by atoms with Gasteiger partial charge in [-0.2, -0.15) is 5.26 Å². The summed E-state index contributed by atoms with van der Waals surface area (Å²) in [6.07, 6.45) is 0.0755. The molecule has 3 aromatic carbocycles. The maximum absolute atomic E-state index is 14.0. The van der Waals surface area contributed by atoms with Gasteiger partial charge in [0.15, 0.2) is 0 Å². The summed E-state index contributed by atoms with van der Waals surface area (Å²) in [5, 5.41) is 15.8. The van der Waals surface area contributed by atoms with Crippen molar-refractivity contribution in [2.24, 2.45) is 0 Å². The van der Waals surface area contributed by atoms with Gasteiger partial charge in [-0.3, -0.25) is 9.59 Å². The minimum absolute atomic E-state index is 0.267. The SMILES string of the molecule is COc1cccc(OC)c1C(=O)Nc1cccc(SC(C(=O)Nc2sc3c(c2C#N)CCN(C(=O)OC(C)(C)C)C3)c2ccccc2)c1. The number of rotatable bonds is 9. The third-order valence-corrected chi connectivity index (χ3v) is 9.78. The third-order valence-electron chi connectivity index (χ3n) is 7.40. The first-order valence-electron chi connectivity index (χ1n) is 15.2. The standard InChI is InChI=1S/C36H36N4O6S2/c1-36(2,3)46-35(43)40-18-17-25-26(20-37)34(48-29(25)21-40)39-33(42)31(22-11-7-6-8-12-22)47-24-14-9-13-23(19-24)38-32(41)30-27(44-4)15-10-16-28(30)45-5/h6-16,19,31H,17-18,21H2,1-5H3,(H,38,41)(H,39,42). The molecule has 0 spiro atoms. The van der Waals surface area contributed by atoms with E-state index in [1.165, 1.54) is 37.3 Å². The van der Waals surface area contributed by atoms with Crippen molar-refractivity contribution in [2.45, 2.75) is 49.5 Å². The molecule has 4 aromatic rings. The van der Waals surface area contributed by atoms with Crippen molar-refractivity contribution in [3.05, 3.63) is 99.9 Å². The van der Waals surface area contributed by atoms with Gasteiger partial charge < -0.3 is 29.7 Å². The maximum atomic E-state index is 14.0. The number of thioether (sulfide) groups is 1. The van der Waals surface area contributed by atoms with Gasteiger partial charge in [0.25, 0.3) is 5.91 Å². The van der Waals surface area contributed by atoms with Crippen molar-refractivity contribution in [3.8, 4) is 17.6 Å². The lowest BCUT2D eigenvalue weighted by Gasteiger charge is -2.29. The summed E-state index contributed by atoms with van der Waals surface area (Å²) in [4.78, 5) is 43.2. The zero-order chi connectivity index (χ0) is 34.4. The highest BCUT2D eigenvalue weighted by Gasteiger charge is 2.31. The van der Waals surface area contributed by atoms with E-state index in [0.717, 1.165) is 20.9 Å². The molecule has 1 aliphatic rings. The number of amides is 3. The number of thiophene rings is 1. The first-order chi connectivity index (χ1) is 23.0. The Morgan fingerprint density at radius 3 is 2.29 bits per heavy atom. The number of nitriles is 1. The molecule has 0 radical (unpaired) electrons. The summed E-state index contributed by atoms with van der Waals surface area (Å²) in [7, 11) is 2.97. The Morgan fingerprint density at radius 2 is 1.65 bits per heavy atom. The smallest absolute Gasteiger partial charge is 0.410 e. The van der Waals surface area contributed by atoms with E-state index in [0.29, 0.717) is 47.3 Å². The van der Waals surface area contributed by atoms with Crippen LogP contribution < -0.4 is 20.1 Å². The first kappa shape index (κ1) is 34.3. The van der Waals surface area contributed by atoms with Crippen molar-refractivity contribution in [1.29, 1.82) is 5.26 Å². The molecule has 248 valence electrons. The van der Waals surface area contributed by atoms with Gasteiger partial charge in [0, 0.05) is 22.0 Å². The summed E-state index contributed by atoms with van der Waals surface area (Å²) in [6, 6.07) is 24.0. The van der Waals surface area contributed by atoms with Gasteiger partial charge in [0.05, 0.1) is 26.3 Å². The number of benzene rings is 3. The molecule has 5 rings (SSSR count). The zero-order valence-corrected chi connectivity index (χ0v) is 28.9. The molecule has 48 heavy (non-hydrogen) atoms. The highest BCUT2D eigenvalue weighted by molar-refractivity contribution is 8.00. The Kier molecular flexibility index (Phi) is 10.6. The molecular formula is C36H36N4O6S2. The monoisotopic (exact) mass is 684 g/mol. The number of hydrogen-bond acceptors (Lipinski definition) is 9. The average molecular weight is 685 g/mol. The van der Waals surface area contributed by atoms with Crippen LogP contribution in [0.2, 0.25) is 0 Å². The van der Waals surface area contributed by atoms with Crippen LogP contribution >= 0.6 is 23.1 Å². The van der Waals surface area contributed by atoms with Crippen LogP contribution in [-0.4, -0.2) is 49.2 Å². The van der Waals surface area contributed by atoms with Gasteiger partial charge in [-0.05, 0) is 68.7 Å². The Morgan fingerprint density at radius 1 is 0.958 bits per heavy atom.